The minimum atomic E-state index is -3.97. The first-order valence-electron chi connectivity index (χ1n) is 12.0. The average molecular weight is 543 g/mol. The number of alkyl halides is 2. The van der Waals surface area contributed by atoms with Gasteiger partial charge < -0.3 is 10.6 Å². The normalized spacial score (nSPS) is 17.9. The summed E-state index contributed by atoms with van der Waals surface area (Å²) < 4.78 is 69.3. The molecule has 1 saturated heterocycles. The summed E-state index contributed by atoms with van der Waals surface area (Å²) in [6.45, 7) is -0.00169. The fraction of sp³-hybridized carbons (Fsp3) is 0.269. The number of fused-ring (bicyclic) bond motifs is 1. The van der Waals surface area contributed by atoms with Crippen LogP contribution in [0.5, 0.6) is 0 Å². The molecular weight excluding hydrogens is 517 g/mol. The Morgan fingerprint density at radius 3 is 2.58 bits per heavy atom. The zero-order chi connectivity index (χ0) is 26.7. The van der Waals surface area contributed by atoms with Crippen molar-refractivity contribution in [2.45, 2.75) is 24.0 Å². The molecule has 12 heteroatoms. The summed E-state index contributed by atoms with van der Waals surface area (Å²) >= 11 is 0. The summed E-state index contributed by atoms with van der Waals surface area (Å²) in [6.07, 6.45) is 2.08. The van der Waals surface area contributed by atoms with Gasteiger partial charge in [-0.05, 0) is 36.8 Å². The SMILES string of the molecule is O=S(=O)(Nc1ccc(-c2cc(CF)c3nc(N[C@@H]4CNC[C@H](CF)C4)ncc3n2)cc1F)c1ccccc1. The fourth-order valence-corrected chi connectivity index (χ4v) is 5.50. The first kappa shape index (κ1) is 25.9. The lowest BCUT2D eigenvalue weighted by Crippen LogP contribution is -2.44. The molecule has 0 bridgehead atoms. The van der Waals surface area contributed by atoms with Crippen molar-refractivity contribution in [2.75, 3.05) is 29.8 Å². The monoisotopic (exact) mass is 542 g/mol. The molecule has 0 unspecified atom stereocenters. The number of hydrogen-bond acceptors (Lipinski definition) is 7. The van der Waals surface area contributed by atoms with Crippen molar-refractivity contribution in [3.05, 3.63) is 72.2 Å². The quantitative estimate of drug-likeness (QED) is 0.302. The maximum Gasteiger partial charge on any atom is 0.261 e. The minimum absolute atomic E-state index is 0.00287. The maximum absolute atomic E-state index is 14.9. The number of aromatic nitrogens is 3. The van der Waals surface area contributed by atoms with Gasteiger partial charge in [-0.25, -0.2) is 32.2 Å². The number of nitrogens with one attached hydrogen (secondary N) is 3. The van der Waals surface area contributed by atoms with E-state index in [-0.39, 0.29) is 39.7 Å². The van der Waals surface area contributed by atoms with E-state index in [9.17, 15) is 21.6 Å². The number of hydrogen-bond donors (Lipinski definition) is 3. The maximum atomic E-state index is 14.9. The summed E-state index contributed by atoms with van der Waals surface area (Å²) in [6, 6.07) is 13.0. The van der Waals surface area contributed by atoms with Crippen molar-refractivity contribution in [3.63, 3.8) is 0 Å². The number of nitrogens with zero attached hydrogens (tertiary/aromatic N) is 3. The van der Waals surface area contributed by atoms with Crippen molar-refractivity contribution >= 4 is 32.7 Å². The zero-order valence-electron chi connectivity index (χ0n) is 20.2. The number of benzene rings is 2. The van der Waals surface area contributed by atoms with E-state index in [0.717, 1.165) is 6.07 Å². The molecule has 38 heavy (non-hydrogen) atoms. The molecule has 3 N–H and O–H groups in total. The Kier molecular flexibility index (Phi) is 7.43. The molecule has 1 fully saturated rings. The second-order valence-corrected chi connectivity index (χ2v) is 10.8. The largest absolute Gasteiger partial charge is 0.350 e. The van der Waals surface area contributed by atoms with Gasteiger partial charge in [0.2, 0.25) is 5.95 Å². The highest BCUT2D eigenvalue weighted by Crippen LogP contribution is 2.29. The van der Waals surface area contributed by atoms with Gasteiger partial charge in [-0.2, -0.15) is 0 Å². The summed E-state index contributed by atoms with van der Waals surface area (Å²) in [7, 11) is -3.97. The van der Waals surface area contributed by atoms with Gasteiger partial charge >= 0.3 is 0 Å². The third-order valence-corrected chi connectivity index (χ3v) is 7.71. The Bertz CT molecular complexity index is 1560. The van der Waals surface area contributed by atoms with Crippen LogP contribution >= 0.6 is 0 Å². The van der Waals surface area contributed by atoms with Gasteiger partial charge in [-0.15, -0.1) is 0 Å². The van der Waals surface area contributed by atoms with E-state index in [2.05, 4.69) is 30.3 Å². The predicted molar refractivity (Wildman–Crippen MR) is 139 cm³/mol. The first-order valence-corrected chi connectivity index (χ1v) is 13.5. The van der Waals surface area contributed by atoms with E-state index >= 15 is 0 Å². The average Bonchev–Trinajstić information content (AvgIpc) is 2.94. The van der Waals surface area contributed by atoms with Crippen LogP contribution in [-0.2, 0) is 16.7 Å². The summed E-state index contributed by atoms with van der Waals surface area (Å²) in [5.41, 5.74) is 1.26. The van der Waals surface area contributed by atoms with Crippen molar-refractivity contribution in [2.24, 2.45) is 5.92 Å². The summed E-state index contributed by atoms with van der Waals surface area (Å²) in [4.78, 5) is 13.2. The Labute approximate surface area is 217 Å². The number of rotatable bonds is 8. The molecule has 198 valence electrons. The van der Waals surface area contributed by atoms with Crippen LogP contribution in [0.25, 0.3) is 22.3 Å². The lowest BCUT2D eigenvalue weighted by molar-refractivity contribution is 0.282. The summed E-state index contributed by atoms with van der Waals surface area (Å²) in [5, 5.41) is 6.34. The molecule has 0 radical (unpaired) electrons. The second-order valence-electron chi connectivity index (χ2n) is 9.10. The number of halogens is 3. The van der Waals surface area contributed by atoms with Crippen LogP contribution in [0.2, 0.25) is 0 Å². The van der Waals surface area contributed by atoms with Gasteiger partial charge in [-0.1, -0.05) is 24.3 Å². The zero-order valence-corrected chi connectivity index (χ0v) is 21.0. The molecule has 0 aliphatic carbocycles. The van der Waals surface area contributed by atoms with E-state index < -0.39 is 29.2 Å². The van der Waals surface area contributed by atoms with Gasteiger partial charge in [0.1, 0.15) is 23.5 Å². The highest BCUT2D eigenvalue weighted by Gasteiger charge is 2.23. The molecule has 4 aromatic rings. The van der Waals surface area contributed by atoms with Gasteiger partial charge in [0, 0.05) is 36.2 Å². The molecule has 5 rings (SSSR count). The van der Waals surface area contributed by atoms with Crippen LogP contribution in [0.1, 0.15) is 12.0 Å². The van der Waals surface area contributed by atoms with Crippen LogP contribution in [0, 0.1) is 11.7 Å². The predicted octanol–water partition coefficient (Wildman–Crippen LogP) is 4.46. The molecule has 2 aromatic carbocycles. The van der Waals surface area contributed by atoms with Crippen molar-refractivity contribution < 1.29 is 21.6 Å². The van der Waals surface area contributed by atoms with Gasteiger partial charge in [0.05, 0.1) is 29.1 Å². The van der Waals surface area contributed by atoms with Crippen molar-refractivity contribution in [3.8, 4) is 11.3 Å². The highest BCUT2D eigenvalue weighted by atomic mass is 32.2. The molecule has 0 spiro atoms. The molecule has 3 heterocycles. The Hall–Kier alpha value is -3.77. The second kappa shape index (κ2) is 10.9. The molecule has 8 nitrogen and oxygen atoms in total. The standard InChI is InChI=1S/C26H25F3N6O2S/c27-11-16-8-19(14-30-13-16)32-26-31-15-24-25(34-26)18(12-28)10-23(33-24)17-6-7-22(21(29)9-17)35-38(36,37)20-4-2-1-3-5-20/h1-7,9-10,15-16,19,30,35H,8,11-14H2,(H,31,32,34)/t16-,19-/m0/s1. The van der Waals surface area contributed by atoms with E-state index in [1.54, 1.807) is 18.2 Å². The van der Waals surface area contributed by atoms with Crippen LogP contribution < -0.4 is 15.4 Å². The fourth-order valence-electron chi connectivity index (χ4n) is 4.41. The molecule has 2 aromatic heterocycles. The van der Waals surface area contributed by atoms with Crippen molar-refractivity contribution in [1.82, 2.24) is 20.3 Å². The number of pyridine rings is 1. The third-order valence-electron chi connectivity index (χ3n) is 6.33. The number of sulfonamides is 1. The van der Waals surface area contributed by atoms with Gasteiger partial charge in [0.15, 0.2) is 0 Å². The van der Waals surface area contributed by atoms with Gasteiger partial charge in [0.25, 0.3) is 10.0 Å². The molecule has 2 atom stereocenters. The van der Waals surface area contributed by atoms with Crippen LogP contribution in [0.3, 0.4) is 0 Å². The third kappa shape index (κ3) is 5.55. The Morgan fingerprint density at radius 1 is 1.03 bits per heavy atom. The lowest BCUT2D eigenvalue weighted by Gasteiger charge is -2.29. The molecule has 0 amide bonds. The summed E-state index contributed by atoms with van der Waals surface area (Å²) in [5.74, 6) is -0.615. The molecule has 1 aliphatic rings. The van der Waals surface area contributed by atoms with E-state index in [0.29, 0.717) is 36.1 Å². The van der Waals surface area contributed by atoms with E-state index in [1.807, 2.05) is 0 Å². The van der Waals surface area contributed by atoms with Crippen LogP contribution in [0.4, 0.5) is 24.8 Å². The smallest absolute Gasteiger partial charge is 0.261 e. The van der Waals surface area contributed by atoms with Crippen LogP contribution in [-0.4, -0.2) is 49.2 Å². The van der Waals surface area contributed by atoms with Crippen LogP contribution in [0.15, 0.2) is 65.7 Å². The van der Waals surface area contributed by atoms with Gasteiger partial charge in [-0.3, -0.25) is 9.11 Å². The lowest BCUT2D eigenvalue weighted by atomic mass is 9.97. The first-order chi connectivity index (χ1) is 18.4. The van der Waals surface area contributed by atoms with Crippen molar-refractivity contribution in [1.29, 1.82) is 0 Å². The topological polar surface area (TPSA) is 109 Å². The molecule has 1 aliphatic heterocycles. The van der Waals surface area contributed by atoms with E-state index in [4.69, 9.17) is 0 Å². The molecular formula is C26H25F3N6O2S. The Balaban J connectivity index is 1.40. The minimum Gasteiger partial charge on any atom is -0.350 e. The number of piperidine rings is 1. The van der Waals surface area contributed by atoms with E-state index in [1.165, 1.54) is 36.5 Å². The molecule has 0 saturated carbocycles. The highest BCUT2D eigenvalue weighted by molar-refractivity contribution is 7.92. The Morgan fingerprint density at radius 2 is 1.84 bits per heavy atom. The number of anilines is 2.